The summed E-state index contributed by atoms with van der Waals surface area (Å²) in [4.78, 5) is 7.31. The van der Waals surface area contributed by atoms with Crippen LogP contribution in [0.4, 0.5) is 17.1 Å². The number of nitrogens with zero attached hydrogens (tertiary/aromatic N) is 2. The lowest BCUT2D eigenvalue weighted by atomic mass is 9.87. The third-order valence-corrected chi connectivity index (χ3v) is 8.55. The molecule has 0 spiro atoms. The second-order valence-corrected chi connectivity index (χ2v) is 10.4. The Morgan fingerprint density at radius 3 is 2.37 bits per heavy atom. The smallest absolute Gasteiger partial charge is 0.0716 e. The number of hydrogen-bond acceptors (Lipinski definition) is 2. The SMILES string of the molecule is c1ccc2c(c1)Cc1ccc3c(c1-2)Cc1cc2c(cc1-3)Cc1ccnc3c1N2c1ccccc1C3. The van der Waals surface area contributed by atoms with Gasteiger partial charge in [0.2, 0.25) is 0 Å². The summed E-state index contributed by atoms with van der Waals surface area (Å²) in [5.74, 6) is 0. The molecule has 0 saturated carbocycles. The van der Waals surface area contributed by atoms with E-state index in [-0.39, 0.29) is 0 Å². The van der Waals surface area contributed by atoms with Crippen LogP contribution in [0.3, 0.4) is 0 Å². The highest BCUT2D eigenvalue weighted by molar-refractivity contribution is 5.94. The first-order chi connectivity index (χ1) is 17.3. The first-order valence-electron chi connectivity index (χ1n) is 12.6. The Balaban J connectivity index is 1.27. The fourth-order valence-corrected chi connectivity index (χ4v) is 7.07. The molecule has 1 aromatic heterocycles. The van der Waals surface area contributed by atoms with Gasteiger partial charge in [0.15, 0.2) is 0 Å². The Hall–Kier alpha value is -4.17. The van der Waals surface area contributed by atoms with Crippen molar-refractivity contribution < 1.29 is 0 Å². The molecule has 0 unspecified atom stereocenters. The maximum Gasteiger partial charge on any atom is 0.0716 e. The summed E-state index contributed by atoms with van der Waals surface area (Å²) in [5, 5.41) is 0. The number of anilines is 3. The fraction of sp³-hybridized carbons (Fsp3) is 0.121. The fourth-order valence-electron chi connectivity index (χ4n) is 7.07. The van der Waals surface area contributed by atoms with Crippen LogP contribution in [0, 0.1) is 0 Å². The van der Waals surface area contributed by atoms with Gasteiger partial charge >= 0.3 is 0 Å². The molecule has 35 heavy (non-hydrogen) atoms. The number of hydrogen-bond donors (Lipinski definition) is 0. The predicted octanol–water partition coefficient (Wildman–Crippen LogP) is 7.50. The van der Waals surface area contributed by atoms with E-state index >= 15 is 0 Å². The third kappa shape index (κ3) is 2.27. The van der Waals surface area contributed by atoms with Gasteiger partial charge in [-0.2, -0.15) is 0 Å². The topological polar surface area (TPSA) is 16.1 Å². The van der Waals surface area contributed by atoms with Gasteiger partial charge in [0, 0.05) is 24.7 Å². The first kappa shape index (κ1) is 18.2. The van der Waals surface area contributed by atoms with Crippen molar-refractivity contribution in [2.45, 2.75) is 25.7 Å². The average Bonchev–Trinajstić information content (AvgIpc) is 3.45. The molecule has 9 rings (SSSR count). The molecular formula is C33H22N2. The van der Waals surface area contributed by atoms with Gasteiger partial charge in [-0.3, -0.25) is 4.98 Å². The molecule has 0 amide bonds. The normalized spacial score (nSPS) is 14.9. The second-order valence-electron chi connectivity index (χ2n) is 10.4. The van der Waals surface area contributed by atoms with Crippen molar-refractivity contribution >= 4 is 17.1 Å². The average molecular weight is 447 g/mol. The van der Waals surface area contributed by atoms with Crippen LogP contribution in [-0.2, 0) is 25.7 Å². The van der Waals surface area contributed by atoms with Crippen LogP contribution in [0.25, 0.3) is 22.3 Å². The molecule has 4 aromatic carbocycles. The lowest BCUT2D eigenvalue weighted by Gasteiger charge is -2.39. The van der Waals surface area contributed by atoms with Crippen LogP contribution in [0.15, 0.2) is 85.1 Å². The summed E-state index contributed by atoms with van der Waals surface area (Å²) in [7, 11) is 0. The van der Waals surface area contributed by atoms with Gasteiger partial charge in [-0.05, 0) is 98.3 Å². The molecule has 0 radical (unpaired) electrons. The number of fused-ring (bicyclic) bond motifs is 11. The van der Waals surface area contributed by atoms with E-state index in [1.54, 1.807) is 0 Å². The third-order valence-electron chi connectivity index (χ3n) is 8.55. The molecule has 4 aliphatic rings. The van der Waals surface area contributed by atoms with Crippen LogP contribution in [0.5, 0.6) is 0 Å². The van der Waals surface area contributed by atoms with Gasteiger partial charge in [0.05, 0.1) is 17.1 Å². The van der Waals surface area contributed by atoms with Crippen LogP contribution < -0.4 is 4.90 Å². The minimum Gasteiger partial charge on any atom is -0.308 e. The highest BCUT2D eigenvalue weighted by Gasteiger charge is 2.35. The largest absolute Gasteiger partial charge is 0.308 e. The van der Waals surface area contributed by atoms with Crippen LogP contribution >= 0.6 is 0 Å². The Bertz CT molecular complexity index is 1760. The number of benzene rings is 4. The number of para-hydroxylation sites is 1. The zero-order valence-corrected chi connectivity index (χ0v) is 19.3. The monoisotopic (exact) mass is 446 g/mol. The van der Waals surface area contributed by atoms with Crippen molar-refractivity contribution in [1.82, 2.24) is 4.98 Å². The van der Waals surface area contributed by atoms with Crippen molar-refractivity contribution in [3.8, 4) is 22.3 Å². The van der Waals surface area contributed by atoms with Crippen molar-refractivity contribution in [2.24, 2.45) is 0 Å². The Kier molecular flexibility index (Phi) is 3.27. The maximum absolute atomic E-state index is 4.81. The van der Waals surface area contributed by atoms with E-state index in [0.717, 1.165) is 25.7 Å². The summed E-state index contributed by atoms with van der Waals surface area (Å²) in [6, 6.07) is 29.7. The number of aromatic nitrogens is 1. The van der Waals surface area contributed by atoms with E-state index in [1.165, 1.54) is 84.0 Å². The first-order valence-corrected chi connectivity index (χ1v) is 12.6. The van der Waals surface area contributed by atoms with Gasteiger partial charge in [0.1, 0.15) is 0 Å². The van der Waals surface area contributed by atoms with Crippen molar-refractivity contribution in [1.29, 1.82) is 0 Å². The molecule has 0 bridgehead atoms. The predicted molar refractivity (Wildman–Crippen MR) is 141 cm³/mol. The highest BCUT2D eigenvalue weighted by atomic mass is 15.2. The van der Waals surface area contributed by atoms with Gasteiger partial charge < -0.3 is 4.90 Å². The van der Waals surface area contributed by atoms with Crippen LogP contribution in [-0.4, -0.2) is 4.98 Å². The van der Waals surface area contributed by atoms with Gasteiger partial charge in [0.25, 0.3) is 0 Å². The summed E-state index contributed by atoms with van der Waals surface area (Å²) < 4.78 is 0. The zero-order chi connectivity index (χ0) is 22.7. The maximum atomic E-state index is 4.81. The molecule has 5 aromatic rings. The zero-order valence-electron chi connectivity index (χ0n) is 19.3. The molecule has 2 heteroatoms. The van der Waals surface area contributed by atoms with E-state index in [1.807, 2.05) is 6.20 Å². The summed E-state index contributed by atoms with van der Waals surface area (Å²) in [6.07, 6.45) is 5.94. The molecule has 2 nitrogen and oxygen atoms in total. The molecule has 2 aliphatic heterocycles. The Morgan fingerprint density at radius 2 is 1.40 bits per heavy atom. The molecule has 0 N–H and O–H groups in total. The summed E-state index contributed by atoms with van der Waals surface area (Å²) in [6.45, 7) is 0. The Morgan fingerprint density at radius 1 is 0.543 bits per heavy atom. The minimum atomic E-state index is 0.910. The van der Waals surface area contributed by atoms with Crippen molar-refractivity contribution in [3.63, 3.8) is 0 Å². The summed E-state index contributed by atoms with van der Waals surface area (Å²) in [5.41, 5.74) is 21.0. The lowest BCUT2D eigenvalue weighted by Crippen LogP contribution is -2.25. The molecule has 164 valence electrons. The molecular weight excluding hydrogens is 424 g/mol. The molecule has 0 saturated heterocycles. The van der Waals surface area contributed by atoms with E-state index in [9.17, 15) is 0 Å². The van der Waals surface area contributed by atoms with E-state index in [4.69, 9.17) is 4.98 Å². The van der Waals surface area contributed by atoms with Gasteiger partial charge in [-0.15, -0.1) is 0 Å². The second kappa shape index (κ2) is 6.28. The van der Waals surface area contributed by atoms with E-state index < -0.39 is 0 Å². The molecule has 3 heterocycles. The Labute approximate surface area is 204 Å². The number of rotatable bonds is 0. The molecule has 0 fully saturated rings. The van der Waals surface area contributed by atoms with Crippen molar-refractivity contribution in [2.75, 3.05) is 4.90 Å². The standard InChI is InChI=1S/C33H22N2/c1-3-7-25-19(5-1)13-21-9-10-26-27-16-24-14-22-11-12-34-29-17-20-6-2-4-8-30(20)35(33(22)29)31(24)18-23(27)15-28(26)32(21)25/h1-12,16,18H,13-15,17H2. The quantitative estimate of drug-likeness (QED) is 0.240. The van der Waals surface area contributed by atoms with Crippen molar-refractivity contribution in [3.05, 3.63) is 130 Å². The molecule has 0 atom stereocenters. The van der Waals surface area contributed by atoms with Crippen LogP contribution in [0.2, 0.25) is 0 Å². The van der Waals surface area contributed by atoms with E-state index in [2.05, 4.69) is 83.8 Å². The number of pyridine rings is 1. The highest BCUT2D eigenvalue weighted by Crippen LogP contribution is 2.53. The van der Waals surface area contributed by atoms with E-state index in [0.29, 0.717) is 0 Å². The minimum absolute atomic E-state index is 0.910. The molecule has 2 aliphatic carbocycles. The van der Waals surface area contributed by atoms with Crippen LogP contribution in [0.1, 0.15) is 44.6 Å². The van der Waals surface area contributed by atoms with Gasteiger partial charge in [-0.25, -0.2) is 0 Å². The lowest BCUT2D eigenvalue weighted by molar-refractivity contribution is 0.959. The summed E-state index contributed by atoms with van der Waals surface area (Å²) >= 11 is 0. The van der Waals surface area contributed by atoms with Gasteiger partial charge in [-0.1, -0.05) is 54.6 Å².